The molecule has 1 aliphatic heterocycles. The summed E-state index contributed by atoms with van der Waals surface area (Å²) in [5, 5.41) is 1.67. The fraction of sp³-hybridized carbons (Fsp3) is 0.348. The Balaban J connectivity index is 0.00000136. The molecule has 3 rings (SSSR count). The van der Waals surface area contributed by atoms with Crippen molar-refractivity contribution in [2.75, 3.05) is 11.4 Å². The van der Waals surface area contributed by atoms with Gasteiger partial charge in [0.05, 0.1) is 23.6 Å². The number of amides is 1. The van der Waals surface area contributed by atoms with E-state index in [0.29, 0.717) is 18.8 Å². The van der Waals surface area contributed by atoms with Gasteiger partial charge >= 0.3 is 0 Å². The quantitative estimate of drug-likeness (QED) is 0.618. The first-order valence-corrected chi connectivity index (χ1v) is 9.96. The molecule has 0 aromatic heterocycles. The molecule has 1 aliphatic rings. The molecule has 0 spiro atoms. The molecule has 0 atom stereocenters. The second-order valence-electron chi connectivity index (χ2n) is 6.80. The summed E-state index contributed by atoms with van der Waals surface area (Å²) in [7, 11) is 0. The maximum Gasteiger partial charge on any atom is 0.229 e. The van der Waals surface area contributed by atoms with E-state index in [9.17, 15) is 4.79 Å². The van der Waals surface area contributed by atoms with Gasteiger partial charge in [0.1, 0.15) is 0 Å². The Morgan fingerprint density at radius 1 is 1.07 bits per heavy atom. The smallest absolute Gasteiger partial charge is 0.229 e. The van der Waals surface area contributed by atoms with Crippen LogP contribution in [0.4, 0.5) is 5.69 Å². The molecule has 1 heterocycles. The molecular weight excluding hydrogens is 348 g/mol. The number of rotatable bonds is 3. The first-order valence-electron chi connectivity index (χ1n) is 9.96. The van der Waals surface area contributed by atoms with E-state index in [2.05, 4.69) is 0 Å². The molecule has 0 unspecified atom stereocenters. The molecule has 0 saturated carbocycles. The highest BCUT2D eigenvalue weighted by Crippen LogP contribution is 2.36. The topological polar surface area (TPSA) is 75.6 Å². The van der Waals surface area contributed by atoms with Gasteiger partial charge in [0.2, 0.25) is 5.91 Å². The van der Waals surface area contributed by atoms with E-state index < -0.39 is 0 Å². The number of nitrogens with two attached hydrogens (primary N) is 2. The number of para-hydroxylation sites is 1. The van der Waals surface area contributed by atoms with E-state index in [0.717, 1.165) is 28.1 Å². The van der Waals surface area contributed by atoms with Crippen LogP contribution >= 0.6 is 0 Å². The van der Waals surface area contributed by atoms with Gasteiger partial charge in [0.15, 0.2) is 0 Å². The highest BCUT2D eigenvalue weighted by Gasteiger charge is 2.28. The van der Waals surface area contributed by atoms with Crippen LogP contribution in [0.5, 0.6) is 0 Å². The summed E-state index contributed by atoms with van der Waals surface area (Å²) in [6.45, 7) is 10.9. The van der Waals surface area contributed by atoms with Crippen molar-refractivity contribution in [1.82, 2.24) is 5.01 Å². The average Bonchev–Trinajstić information content (AvgIpc) is 2.72. The third-order valence-electron chi connectivity index (χ3n) is 4.73. The minimum atomic E-state index is -0.110. The van der Waals surface area contributed by atoms with Gasteiger partial charge in [0, 0.05) is 23.6 Å². The average molecular weight is 381 g/mol. The number of anilines is 1. The molecule has 5 nitrogen and oxygen atoms in total. The largest absolute Gasteiger partial charge is 0.396 e. The third-order valence-corrected chi connectivity index (χ3v) is 4.73. The summed E-state index contributed by atoms with van der Waals surface area (Å²) < 4.78 is 0. The highest BCUT2D eigenvalue weighted by atomic mass is 16.2. The second kappa shape index (κ2) is 9.42. The number of hydrogen-bond donors (Lipinski definition) is 2. The first-order chi connectivity index (χ1) is 13.5. The maximum absolute atomic E-state index is 12.9. The lowest BCUT2D eigenvalue weighted by atomic mass is 9.95. The number of carbonyl (C=O) groups excluding carboxylic acids is 1. The normalized spacial score (nSPS) is 15.6. The minimum absolute atomic E-state index is 0.0728. The lowest BCUT2D eigenvalue weighted by Gasteiger charge is -2.33. The molecule has 0 radical (unpaired) electrons. The summed E-state index contributed by atoms with van der Waals surface area (Å²) >= 11 is 0. The minimum Gasteiger partial charge on any atom is -0.396 e. The zero-order chi connectivity index (χ0) is 20.8. The van der Waals surface area contributed by atoms with E-state index >= 15 is 0 Å². The molecule has 0 saturated heterocycles. The molecule has 5 heteroatoms. The van der Waals surface area contributed by atoms with Crippen LogP contribution < -0.4 is 16.5 Å². The van der Waals surface area contributed by atoms with Gasteiger partial charge < -0.3 is 15.6 Å². The van der Waals surface area contributed by atoms with E-state index in [1.54, 1.807) is 5.01 Å². The van der Waals surface area contributed by atoms with Crippen LogP contribution in [0.15, 0.2) is 48.5 Å². The van der Waals surface area contributed by atoms with Gasteiger partial charge in [0.25, 0.3) is 0 Å². The fourth-order valence-electron chi connectivity index (χ4n) is 3.33. The molecule has 0 fully saturated rings. The Kier molecular flexibility index (Phi) is 7.24. The molecular formula is C23H32N4O. The van der Waals surface area contributed by atoms with Gasteiger partial charge in [-0.15, -0.1) is 0 Å². The lowest BCUT2D eigenvalue weighted by Crippen LogP contribution is -2.37. The number of nitrogens with zero attached hydrogens (tertiary/aromatic N) is 2. The molecule has 1 amide bonds. The first kappa shape index (κ1) is 21.5. The predicted molar refractivity (Wildman–Crippen MR) is 118 cm³/mol. The fourth-order valence-corrected chi connectivity index (χ4v) is 3.33. The number of benzene rings is 2. The molecule has 28 heavy (non-hydrogen) atoms. The Hall–Kier alpha value is -2.79. The maximum atomic E-state index is 12.9. The Morgan fingerprint density at radius 3 is 2.25 bits per heavy atom. The van der Waals surface area contributed by atoms with Crippen LogP contribution in [0.3, 0.4) is 0 Å². The van der Waals surface area contributed by atoms with Crippen LogP contribution in [-0.4, -0.2) is 17.5 Å². The zero-order valence-corrected chi connectivity index (χ0v) is 17.6. The molecule has 0 bridgehead atoms. The van der Waals surface area contributed by atoms with Crippen molar-refractivity contribution in [2.45, 2.75) is 41.2 Å². The molecule has 2 aromatic carbocycles. The molecule has 2 aromatic rings. The Labute approximate surface area is 168 Å². The van der Waals surface area contributed by atoms with Crippen molar-refractivity contribution in [2.24, 2.45) is 17.5 Å². The van der Waals surface area contributed by atoms with Gasteiger partial charge in [-0.05, 0) is 18.6 Å². The van der Waals surface area contributed by atoms with Crippen LogP contribution in [0.1, 0.15) is 51.3 Å². The molecule has 150 valence electrons. The highest BCUT2D eigenvalue weighted by molar-refractivity contribution is 6.01. The van der Waals surface area contributed by atoms with E-state index in [1.165, 1.54) is 0 Å². The van der Waals surface area contributed by atoms with E-state index in [-0.39, 0.29) is 11.8 Å². The number of fused-ring (bicyclic) bond motifs is 2. The van der Waals surface area contributed by atoms with Crippen molar-refractivity contribution in [1.29, 1.82) is 0 Å². The lowest BCUT2D eigenvalue weighted by molar-refractivity contribution is -0.121. The van der Waals surface area contributed by atoms with Gasteiger partial charge in [-0.3, -0.25) is 4.79 Å². The van der Waals surface area contributed by atoms with Crippen molar-refractivity contribution < 1.29 is 4.79 Å². The summed E-state index contributed by atoms with van der Waals surface area (Å²) in [6.07, 6.45) is 0. The van der Waals surface area contributed by atoms with Crippen LogP contribution in [0.2, 0.25) is 0 Å². The molecule has 0 aliphatic carbocycles. The second-order valence-corrected chi connectivity index (χ2v) is 6.80. The Bertz CT molecular complexity index is 857. The van der Waals surface area contributed by atoms with Gasteiger partial charge in [-0.1, -0.05) is 70.2 Å². The van der Waals surface area contributed by atoms with Crippen molar-refractivity contribution in [3.63, 3.8) is 0 Å². The zero-order valence-electron chi connectivity index (χ0n) is 17.6. The number of carbonyl (C=O) groups is 1. The Morgan fingerprint density at radius 2 is 1.64 bits per heavy atom. The van der Waals surface area contributed by atoms with Crippen molar-refractivity contribution >= 4 is 23.0 Å². The SMILES string of the molecule is CC.CCN(N)/C1=C(\N)c2ccccc2N(C(=O)C(C)C)Cc2ccccc21. The number of hydrogen-bond acceptors (Lipinski definition) is 4. The van der Waals surface area contributed by atoms with E-state index in [1.807, 2.05) is 88.0 Å². The summed E-state index contributed by atoms with van der Waals surface area (Å²) in [5.41, 5.74) is 11.6. The monoisotopic (exact) mass is 380 g/mol. The number of hydrazine groups is 1. The summed E-state index contributed by atoms with van der Waals surface area (Å²) in [5.74, 6) is 6.25. The van der Waals surface area contributed by atoms with Crippen molar-refractivity contribution in [3.05, 3.63) is 65.2 Å². The summed E-state index contributed by atoms with van der Waals surface area (Å²) in [4.78, 5) is 14.8. The molecule has 4 N–H and O–H groups in total. The summed E-state index contributed by atoms with van der Waals surface area (Å²) in [6, 6.07) is 15.7. The third kappa shape index (κ3) is 4.04. The van der Waals surface area contributed by atoms with E-state index in [4.69, 9.17) is 11.6 Å². The van der Waals surface area contributed by atoms with Crippen LogP contribution in [-0.2, 0) is 11.3 Å². The van der Waals surface area contributed by atoms with Crippen LogP contribution in [0.25, 0.3) is 11.4 Å². The standard InChI is InChI=1S/C21H26N4O.C2H6/c1-4-25(23)20-16-10-6-5-9-15(16)13-24(21(26)14(2)3)18-12-8-7-11-17(18)19(20)22;1-2/h5-12,14H,4,13,22-23H2,1-3H3;1-2H3/b20-19-;. The van der Waals surface area contributed by atoms with Gasteiger partial charge in [-0.25, -0.2) is 5.84 Å². The van der Waals surface area contributed by atoms with Crippen LogP contribution in [0, 0.1) is 5.92 Å². The predicted octanol–water partition coefficient (Wildman–Crippen LogP) is 4.20. The van der Waals surface area contributed by atoms with Gasteiger partial charge in [-0.2, -0.15) is 0 Å². The van der Waals surface area contributed by atoms with Crippen molar-refractivity contribution in [3.8, 4) is 0 Å².